The highest BCUT2D eigenvalue weighted by molar-refractivity contribution is 6.00. The fourth-order valence-electron chi connectivity index (χ4n) is 4.95. The largest absolute Gasteiger partial charge is 0.371 e. The molecule has 6 rings (SSSR count). The highest BCUT2D eigenvalue weighted by atomic mass is 15.1. The Hall–Kier alpha value is -3.71. The van der Waals surface area contributed by atoms with Crippen molar-refractivity contribution in [2.45, 2.75) is 32.7 Å². The third-order valence-corrected chi connectivity index (χ3v) is 6.71. The molecule has 3 N–H and O–H groups in total. The van der Waals surface area contributed by atoms with Gasteiger partial charge in [0.1, 0.15) is 5.69 Å². The summed E-state index contributed by atoms with van der Waals surface area (Å²) >= 11 is 0. The number of benzene rings is 1. The molecule has 0 spiro atoms. The third kappa shape index (κ3) is 3.82. The molecule has 1 aliphatic rings. The van der Waals surface area contributed by atoms with Crippen LogP contribution in [0.1, 0.15) is 31.7 Å². The Balaban J connectivity index is 1.40. The molecule has 1 fully saturated rings. The van der Waals surface area contributed by atoms with Gasteiger partial charge in [0, 0.05) is 59.6 Å². The molecule has 1 aromatic carbocycles. The maximum atomic E-state index is 4.68. The van der Waals surface area contributed by atoms with Crippen LogP contribution in [0.5, 0.6) is 0 Å². The van der Waals surface area contributed by atoms with E-state index in [1.165, 1.54) is 30.3 Å². The van der Waals surface area contributed by atoms with Gasteiger partial charge in [-0.05, 0) is 61.7 Å². The number of nitrogens with one attached hydrogen (secondary N) is 3. The van der Waals surface area contributed by atoms with E-state index in [9.17, 15) is 0 Å². The van der Waals surface area contributed by atoms with Gasteiger partial charge in [0.15, 0.2) is 0 Å². The summed E-state index contributed by atoms with van der Waals surface area (Å²) in [5.41, 5.74) is 8.35. The molecular weight excluding hydrogens is 422 g/mol. The Labute approximate surface area is 198 Å². The van der Waals surface area contributed by atoms with E-state index in [4.69, 9.17) is 0 Å². The number of hydrogen-bond donors (Lipinski definition) is 3. The number of hydrogen-bond acceptors (Lipinski definition) is 5. The fourth-order valence-corrected chi connectivity index (χ4v) is 4.95. The molecule has 4 aromatic heterocycles. The first-order chi connectivity index (χ1) is 16.8. The average molecular weight is 452 g/mol. The lowest BCUT2D eigenvalue weighted by atomic mass is 10.1. The second-order valence-electron chi connectivity index (χ2n) is 9.02. The van der Waals surface area contributed by atoms with Crippen molar-refractivity contribution in [1.29, 1.82) is 0 Å². The summed E-state index contributed by atoms with van der Waals surface area (Å²) in [5.74, 6) is 0. The van der Waals surface area contributed by atoms with Gasteiger partial charge < -0.3 is 15.2 Å². The van der Waals surface area contributed by atoms with Gasteiger partial charge in [0.05, 0.1) is 23.1 Å². The van der Waals surface area contributed by atoms with Crippen molar-refractivity contribution in [2.75, 3.05) is 24.5 Å². The Morgan fingerprint density at radius 2 is 1.88 bits per heavy atom. The van der Waals surface area contributed by atoms with Gasteiger partial charge in [0.25, 0.3) is 0 Å². The smallest absolute Gasteiger partial charge is 0.116 e. The molecule has 0 unspecified atom stereocenters. The van der Waals surface area contributed by atoms with Crippen LogP contribution in [-0.4, -0.2) is 44.8 Å². The zero-order chi connectivity index (χ0) is 22.9. The Morgan fingerprint density at radius 1 is 0.971 bits per heavy atom. The van der Waals surface area contributed by atoms with Crippen molar-refractivity contribution < 1.29 is 0 Å². The maximum absolute atomic E-state index is 4.68. The first-order valence-corrected chi connectivity index (χ1v) is 12.2. The van der Waals surface area contributed by atoms with E-state index in [1.807, 2.05) is 18.6 Å². The van der Waals surface area contributed by atoms with Gasteiger partial charge >= 0.3 is 0 Å². The number of aromatic nitrogens is 5. The number of fused-ring (bicyclic) bond motifs is 2. The molecule has 172 valence electrons. The molecular formula is C27H29N7. The molecule has 0 amide bonds. The summed E-state index contributed by atoms with van der Waals surface area (Å²) < 4.78 is 0. The minimum atomic E-state index is 0.797. The van der Waals surface area contributed by atoms with E-state index in [2.05, 4.69) is 78.7 Å². The van der Waals surface area contributed by atoms with Crippen LogP contribution in [0.3, 0.4) is 0 Å². The molecule has 7 heteroatoms. The molecule has 1 aliphatic heterocycles. The number of rotatable bonds is 6. The molecule has 7 nitrogen and oxygen atoms in total. The normalized spacial score (nSPS) is 14.3. The molecule has 0 aliphatic carbocycles. The number of nitrogens with zero attached hydrogens (tertiary/aromatic N) is 4. The lowest BCUT2D eigenvalue weighted by Gasteiger charge is -2.29. The van der Waals surface area contributed by atoms with E-state index in [-0.39, 0.29) is 0 Å². The zero-order valence-corrected chi connectivity index (χ0v) is 19.4. The van der Waals surface area contributed by atoms with Crippen molar-refractivity contribution in [2.24, 2.45) is 0 Å². The van der Waals surface area contributed by atoms with Gasteiger partial charge in [-0.15, -0.1) is 0 Å². The van der Waals surface area contributed by atoms with Crippen LogP contribution in [0.2, 0.25) is 0 Å². The lowest BCUT2D eigenvalue weighted by Crippen LogP contribution is -2.29. The monoisotopic (exact) mass is 451 g/mol. The van der Waals surface area contributed by atoms with Crippen molar-refractivity contribution in [3.05, 3.63) is 60.6 Å². The molecule has 0 radical (unpaired) electrons. The van der Waals surface area contributed by atoms with Crippen LogP contribution in [0.25, 0.3) is 44.5 Å². The Kier molecular flexibility index (Phi) is 5.47. The van der Waals surface area contributed by atoms with E-state index >= 15 is 0 Å². The van der Waals surface area contributed by atoms with Crippen LogP contribution in [-0.2, 0) is 6.54 Å². The molecule has 34 heavy (non-hydrogen) atoms. The number of piperidine rings is 1. The Bertz CT molecular complexity index is 1440. The van der Waals surface area contributed by atoms with Crippen molar-refractivity contribution in [1.82, 2.24) is 30.5 Å². The summed E-state index contributed by atoms with van der Waals surface area (Å²) in [7, 11) is 0. The molecule has 0 saturated carbocycles. The highest BCUT2D eigenvalue weighted by Crippen LogP contribution is 2.35. The van der Waals surface area contributed by atoms with Gasteiger partial charge in [0.2, 0.25) is 0 Å². The summed E-state index contributed by atoms with van der Waals surface area (Å²) in [6.07, 6.45) is 9.49. The van der Waals surface area contributed by atoms with Crippen molar-refractivity contribution in [3.63, 3.8) is 0 Å². The SMILES string of the molecule is CCNCc1cncc(-c2cc3c(-c4cc5c(N6CCCCC6)cccc5[nH]4)n[nH]c3cn2)c1. The van der Waals surface area contributed by atoms with Gasteiger partial charge in [-0.25, -0.2) is 0 Å². The van der Waals surface area contributed by atoms with Crippen LogP contribution in [0.4, 0.5) is 5.69 Å². The van der Waals surface area contributed by atoms with Crippen LogP contribution < -0.4 is 10.2 Å². The van der Waals surface area contributed by atoms with Gasteiger partial charge in [-0.3, -0.25) is 15.1 Å². The average Bonchev–Trinajstić information content (AvgIpc) is 3.51. The second-order valence-corrected chi connectivity index (χ2v) is 9.02. The quantitative estimate of drug-likeness (QED) is 0.328. The van der Waals surface area contributed by atoms with E-state index < -0.39 is 0 Å². The van der Waals surface area contributed by atoms with Crippen LogP contribution in [0.15, 0.2) is 55.0 Å². The minimum Gasteiger partial charge on any atom is -0.371 e. The summed E-state index contributed by atoms with van der Waals surface area (Å²) in [5, 5.41) is 13.5. The first kappa shape index (κ1) is 20.9. The molecule has 0 bridgehead atoms. The molecule has 1 saturated heterocycles. The summed E-state index contributed by atoms with van der Waals surface area (Å²) in [4.78, 5) is 15.2. The van der Waals surface area contributed by atoms with E-state index in [1.54, 1.807) is 0 Å². The molecule has 5 aromatic rings. The first-order valence-electron chi connectivity index (χ1n) is 12.2. The molecule has 0 atom stereocenters. The van der Waals surface area contributed by atoms with Crippen molar-refractivity contribution in [3.8, 4) is 22.6 Å². The van der Waals surface area contributed by atoms with Crippen LogP contribution >= 0.6 is 0 Å². The Morgan fingerprint density at radius 3 is 2.76 bits per heavy atom. The third-order valence-electron chi connectivity index (χ3n) is 6.71. The summed E-state index contributed by atoms with van der Waals surface area (Å²) in [6.45, 7) is 6.08. The van der Waals surface area contributed by atoms with E-state index in [0.717, 1.165) is 70.8 Å². The lowest BCUT2D eigenvalue weighted by molar-refractivity contribution is 0.579. The topological polar surface area (TPSA) is 85.5 Å². The van der Waals surface area contributed by atoms with E-state index in [0.29, 0.717) is 0 Å². The summed E-state index contributed by atoms with van der Waals surface area (Å²) in [6, 6.07) is 13.0. The number of anilines is 1. The number of pyridine rings is 2. The van der Waals surface area contributed by atoms with Gasteiger partial charge in [-0.1, -0.05) is 13.0 Å². The highest BCUT2D eigenvalue weighted by Gasteiger charge is 2.17. The minimum absolute atomic E-state index is 0.797. The zero-order valence-electron chi connectivity index (χ0n) is 19.4. The number of H-pyrrole nitrogens is 2. The number of aromatic amines is 2. The predicted molar refractivity (Wildman–Crippen MR) is 138 cm³/mol. The fraction of sp³-hybridized carbons (Fsp3) is 0.296. The van der Waals surface area contributed by atoms with Crippen LogP contribution in [0, 0.1) is 0 Å². The van der Waals surface area contributed by atoms with Crippen molar-refractivity contribution >= 4 is 27.5 Å². The van der Waals surface area contributed by atoms with Gasteiger partial charge in [-0.2, -0.15) is 5.10 Å². The maximum Gasteiger partial charge on any atom is 0.116 e. The second kappa shape index (κ2) is 8.91. The molecule has 5 heterocycles. The standard InChI is InChI=1S/C27H29N7/c1-2-28-14-18-11-19(16-29-15-18)23-13-21-25(17-30-23)32-33-27(21)24-12-20-22(31-24)7-6-8-26(20)34-9-4-3-5-10-34/h6-8,11-13,15-17,28,31H,2-5,9-10,14H2,1H3,(H,32,33). The predicted octanol–water partition coefficient (Wildman–Crippen LogP) is 5.27.